The zero-order valence-electron chi connectivity index (χ0n) is 12.9. The molecule has 0 aliphatic rings. The van der Waals surface area contributed by atoms with Crippen molar-refractivity contribution in [1.29, 1.82) is 0 Å². The molecule has 0 atom stereocenters. The molecular formula is C22H16O. The van der Waals surface area contributed by atoms with E-state index in [4.69, 9.17) is 0 Å². The maximum atomic E-state index is 11.7. The minimum Gasteiger partial charge on any atom is -0.298 e. The average molecular weight is 296 g/mol. The molecule has 0 saturated carbocycles. The van der Waals surface area contributed by atoms with Crippen molar-refractivity contribution < 1.29 is 4.79 Å². The maximum Gasteiger partial charge on any atom is 0.150 e. The highest BCUT2D eigenvalue weighted by atomic mass is 16.1. The number of aryl methyl sites for hydroxylation is 1. The van der Waals surface area contributed by atoms with E-state index in [0.717, 1.165) is 33.7 Å². The molecule has 1 heteroatoms. The zero-order chi connectivity index (χ0) is 15.8. The van der Waals surface area contributed by atoms with E-state index in [2.05, 4.69) is 49.4 Å². The van der Waals surface area contributed by atoms with Gasteiger partial charge in [-0.1, -0.05) is 60.7 Å². The van der Waals surface area contributed by atoms with Gasteiger partial charge in [0.15, 0.2) is 6.29 Å². The van der Waals surface area contributed by atoms with E-state index in [0.29, 0.717) is 0 Å². The summed E-state index contributed by atoms with van der Waals surface area (Å²) in [6.07, 6.45) is 0.961. The van der Waals surface area contributed by atoms with Crippen LogP contribution < -0.4 is 0 Å². The van der Waals surface area contributed by atoms with Gasteiger partial charge in [-0.05, 0) is 57.3 Å². The number of rotatable bonds is 2. The van der Waals surface area contributed by atoms with Gasteiger partial charge < -0.3 is 0 Å². The number of carbonyl (C=O) groups excluding carboxylic acids is 1. The molecule has 1 nitrogen and oxygen atoms in total. The number of benzene rings is 4. The van der Waals surface area contributed by atoms with Gasteiger partial charge in [0.1, 0.15) is 0 Å². The standard InChI is InChI=1S/C22H16O/c1-15-6-2-4-8-19(15)22-12-17-11-10-16-7-3-5-9-20(16)21(17)13-18(22)14-23/h2-14H,1H3. The molecule has 0 unspecified atom stereocenters. The fourth-order valence-electron chi connectivity index (χ4n) is 3.28. The summed E-state index contributed by atoms with van der Waals surface area (Å²) >= 11 is 0. The van der Waals surface area contributed by atoms with Crippen molar-refractivity contribution in [2.75, 3.05) is 0 Å². The molecule has 110 valence electrons. The molecule has 0 aliphatic carbocycles. The van der Waals surface area contributed by atoms with Crippen molar-refractivity contribution in [1.82, 2.24) is 0 Å². The van der Waals surface area contributed by atoms with Crippen LogP contribution in [0.25, 0.3) is 32.7 Å². The molecular weight excluding hydrogens is 280 g/mol. The topological polar surface area (TPSA) is 17.1 Å². The molecule has 0 saturated heterocycles. The first-order valence-electron chi connectivity index (χ1n) is 7.74. The molecule has 0 radical (unpaired) electrons. The van der Waals surface area contributed by atoms with Crippen LogP contribution in [-0.4, -0.2) is 6.29 Å². The minimum atomic E-state index is 0.739. The molecule has 0 heterocycles. The third-order valence-electron chi connectivity index (χ3n) is 4.48. The van der Waals surface area contributed by atoms with Gasteiger partial charge in [0, 0.05) is 5.56 Å². The molecule has 0 bridgehead atoms. The first-order chi connectivity index (χ1) is 11.3. The first kappa shape index (κ1) is 13.7. The van der Waals surface area contributed by atoms with Crippen molar-refractivity contribution >= 4 is 27.8 Å². The molecule has 23 heavy (non-hydrogen) atoms. The third kappa shape index (κ3) is 2.22. The molecule has 4 rings (SSSR count). The SMILES string of the molecule is Cc1ccccc1-c1cc2ccc3ccccc3c2cc1C=O. The Kier molecular flexibility index (Phi) is 3.20. The largest absolute Gasteiger partial charge is 0.298 e. The second-order valence-electron chi connectivity index (χ2n) is 5.88. The second-order valence-corrected chi connectivity index (χ2v) is 5.88. The molecule has 0 aliphatic heterocycles. The van der Waals surface area contributed by atoms with Crippen LogP contribution in [-0.2, 0) is 0 Å². The van der Waals surface area contributed by atoms with Crippen LogP contribution in [0, 0.1) is 6.92 Å². The van der Waals surface area contributed by atoms with E-state index < -0.39 is 0 Å². The van der Waals surface area contributed by atoms with Crippen LogP contribution in [0.5, 0.6) is 0 Å². The molecule has 0 spiro atoms. The first-order valence-corrected chi connectivity index (χ1v) is 7.74. The summed E-state index contributed by atoms with van der Waals surface area (Å²) in [5.74, 6) is 0. The van der Waals surface area contributed by atoms with Crippen LogP contribution in [0.2, 0.25) is 0 Å². The summed E-state index contributed by atoms with van der Waals surface area (Å²) < 4.78 is 0. The number of aldehydes is 1. The summed E-state index contributed by atoms with van der Waals surface area (Å²) in [5.41, 5.74) is 4.03. The molecule has 0 fully saturated rings. The lowest BCUT2D eigenvalue weighted by Gasteiger charge is -2.12. The van der Waals surface area contributed by atoms with Crippen LogP contribution in [0.15, 0.2) is 72.8 Å². The Morgan fingerprint density at radius 2 is 1.43 bits per heavy atom. The Balaban J connectivity index is 2.09. The van der Waals surface area contributed by atoms with Crippen molar-refractivity contribution in [3.05, 3.63) is 83.9 Å². The normalized spacial score (nSPS) is 11.0. The number of fused-ring (bicyclic) bond motifs is 3. The van der Waals surface area contributed by atoms with E-state index in [-0.39, 0.29) is 0 Å². The van der Waals surface area contributed by atoms with Crippen molar-refractivity contribution in [3.8, 4) is 11.1 Å². The lowest BCUT2D eigenvalue weighted by Crippen LogP contribution is -1.91. The second kappa shape index (κ2) is 5.36. The van der Waals surface area contributed by atoms with E-state index in [1.54, 1.807) is 0 Å². The van der Waals surface area contributed by atoms with Crippen molar-refractivity contribution in [2.24, 2.45) is 0 Å². The minimum absolute atomic E-state index is 0.739. The zero-order valence-corrected chi connectivity index (χ0v) is 12.9. The smallest absolute Gasteiger partial charge is 0.150 e. The Morgan fingerprint density at radius 1 is 0.696 bits per heavy atom. The van der Waals surface area contributed by atoms with E-state index in [1.807, 2.05) is 30.3 Å². The lowest BCUT2D eigenvalue weighted by molar-refractivity contribution is 0.112. The van der Waals surface area contributed by atoms with Crippen LogP contribution in [0.1, 0.15) is 15.9 Å². The van der Waals surface area contributed by atoms with Gasteiger partial charge in [0.25, 0.3) is 0 Å². The van der Waals surface area contributed by atoms with Crippen LogP contribution in [0.3, 0.4) is 0 Å². The Labute approximate surface area is 135 Å². The predicted molar refractivity (Wildman–Crippen MR) is 97.0 cm³/mol. The fourth-order valence-corrected chi connectivity index (χ4v) is 3.28. The number of hydrogen-bond acceptors (Lipinski definition) is 1. The number of carbonyl (C=O) groups is 1. The molecule has 4 aromatic carbocycles. The quantitative estimate of drug-likeness (QED) is 0.338. The molecule has 0 aromatic heterocycles. The van der Waals surface area contributed by atoms with E-state index in [9.17, 15) is 4.79 Å². The van der Waals surface area contributed by atoms with Crippen molar-refractivity contribution in [3.63, 3.8) is 0 Å². The van der Waals surface area contributed by atoms with Gasteiger partial charge in [-0.15, -0.1) is 0 Å². The van der Waals surface area contributed by atoms with Gasteiger partial charge in [-0.25, -0.2) is 0 Å². The molecule has 0 N–H and O–H groups in total. The summed E-state index contributed by atoms with van der Waals surface area (Å²) in [5, 5.41) is 4.67. The average Bonchev–Trinajstić information content (AvgIpc) is 2.61. The Bertz CT molecular complexity index is 1040. The van der Waals surface area contributed by atoms with Gasteiger partial charge in [-0.3, -0.25) is 4.79 Å². The highest BCUT2D eigenvalue weighted by Crippen LogP contribution is 2.33. The fraction of sp³-hybridized carbons (Fsp3) is 0.0455. The lowest BCUT2D eigenvalue weighted by atomic mass is 9.92. The van der Waals surface area contributed by atoms with Gasteiger partial charge in [0.05, 0.1) is 0 Å². The van der Waals surface area contributed by atoms with Gasteiger partial charge in [-0.2, -0.15) is 0 Å². The number of hydrogen-bond donors (Lipinski definition) is 0. The molecule has 0 amide bonds. The molecule has 4 aromatic rings. The Hall–Kier alpha value is -2.93. The Morgan fingerprint density at radius 3 is 2.26 bits per heavy atom. The monoisotopic (exact) mass is 296 g/mol. The van der Waals surface area contributed by atoms with Gasteiger partial charge in [0.2, 0.25) is 0 Å². The highest BCUT2D eigenvalue weighted by Gasteiger charge is 2.10. The maximum absolute atomic E-state index is 11.7. The summed E-state index contributed by atoms with van der Waals surface area (Å²) in [6.45, 7) is 2.08. The summed E-state index contributed by atoms with van der Waals surface area (Å²) in [4.78, 5) is 11.7. The predicted octanol–water partition coefficient (Wildman–Crippen LogP) is 5.78. The third-order valence-corrected chi connectivity index (χ3v) is 4.48. The van der Waals surface area contributed by atoms with E-state index >= 15 is 0 Å². The van der Waals surface area contributed by atoms with Crippen LogP contribution >= 0.6 is 0 Å². The van der Waals surface area contributed by atoms with Crippen LogP contribution in [0.4, 0.5) is 0 Å². The van der Waals surface area contributed by atoms with E-state index in [1.165, 1.54) is 16.3 Å². The summed E-state index contributed by atoms with van der Waals surface area (Å²) in [6, 6.07) is 24.9. The summed E-state index contributed by atoms with van der Waals surface area (Å²) in [7, 11) is 0. The highest BCUT2D eigenvalue weighted by molar-refractivity contribution is 6.10. The van der Waals surface area contributed by atoms with Gasteiger partial charge >= 0.3 is 0 Å². The van der Waals surface area contributed by atoms with Crippen molar-refractivity contribution in [2.45, 2.75) is 6.92 Å².